The van der Waals surface area contributed by atoms with Crippen molar-refractivity contribution < 1.29 is 9.21 Å². The van der Waals surface area contributed by atoms with Crippen molar-refractivity contribution in [2.45, 2.75) is 6.54 Å². The number of nitrogen functional groups attached to an aromatic ring is 2. The standard InChI is InChI=1S/C20H16N10O2/c21-12-3-4-23-13(27-12)9-26-19(31)17-18(22)29-16(20-25-6-8-32-20)15(28-17)11-1-2-14-24-5-7-30(14)10-11/h1-8,10H,9H2,(H2,22,29)(H,26,31)(H2,21,23,27). The van der Waals surface area contributed by atoms with Gasteiger partial charge in [0.2, 0.25) is 5.89 Å². The van der Waals surface area contributed by atoms with E-state index in [0.29, 0.717) is 28.6 Å². The van der Waals surface area contributed by atoms with Gasteiger partial charge in [-0.2, -0.15) is 0 Å². The van der Waals surface area contributed by atoms with Crippen molar-refractivity contribution in [1.29, 1.82) is 0 Å². The number of aromatic nitrogens is 7. The fourth-order valence-electron chi connectivity index (χ4n) is 3.11. The summed E-state index contributed by atoms with van der Waals surface area (Å²) in [5, 5.41) is 2.69. The summed E-state index contributed by atoms with van der Waals surface area (Å²) in [6.07, 6.45) is 9.71. The van der Waals surface area contributed by atoms with Crippen LogP contribution in [0.15, 0.2) is 59.9 Å². The highest BCUT2D eigenvalue weighted by atomic mass is 16.3. The van der Waals surface area contributed by atoms with Gasteiger partial charge in [0.25, 0.3) is 5.91 Å². The maximum absolute atomic E-state index is 12.8. The Morgan fingerprint density at radius 2 is 1.91 bits per heavy atom. The Balaban J connectivity index is 1.55. The number of rotatable bonds is 5. The summed E-state index contributed by atoms with van der Waals surface area (Å²) in [4.78, 5) is 38.2. The SMILES string of the molecule is Nc1ccnc(CNC(=O)c2nc(-c3ccc4nccn4c3)c(-c3ncco3)nc2N)n1. The predicted octanol–water partition coefficient (Wildman–Crippen LogP) is 1.33. The number of carbonyl (C=O) groups is 1. The largest absolute Gasteiger partial charge is 0.443 e. The van der Waals surface area contributed by atoms with E-state index in [-0.39, 0.29) is 23.9 Å². The molecular formula is C20H16N10O2. The van der Waals surface area contributed by atoms with Crippen molar-refractivity contribution >= 4 is 23.2 Å². The second-order valence-corrected chi connectivity index (χ2v) is 6.68. The number of nitrogens with zero attached hydrogens (tertiary/aromatic N) is 7. The van der Waals surface area contributed by atoms with Crippen molar-refractivity contribution in [2.24, 2.45) is 0 Å². The number of nitrogens with one attached hydrogen (secondary N) is 1. The fraction of sp³-hybridized carbons (Fsp3) is 0.0500. The van der Waals surface area contributed by atoms with Gasteiger partial charge in [0.1, 0.15) is 29.2 Å². The van der Waals surface area contributed by atoms with E-state index in [1.807, 2.05) is 22.7 Å². The molecule has 12 nitrogen and oxygen atoms in total. The topological polar surface area (TPSA) is 176 Å². The van der Waals surface area contributed by atoms with E-state index in [0.717, 1.165) is 5.65 Å². The normalized spacial score (nSPS) is 11.0. The van der Waals surface area contributed by atoms with Gasteiger partial charge in [-0.1, -0.05) is 0 Å². The van der Waals surface area contributed by atoms with Crippen LogP contribution in [0.5, 0.6) is 0 Å². The maximum Gasteiger partial charge on any atom is 0.274 e. The summed E-state index contributed by atoms with van der Waals surface area (Å²) >= 11 is 0. The molecule has 5 aromatic heterocycles. The molecule has 0 saturated heterocycles. The molecule has 32 heavy (non-hydrogen) atoms. The third-order valence-corrected chi connectivity index (χ3v) is 4.57. The first-order valence-corrected chi connectivity index (χ1v) is 9.44. The summed E-state index contributed by atoms with van der Waals surface area (Å²) in [5.74, 6) is 0.273. The molecule has 0 unspecified atom stereocenters. The van der Waals surface area contributed by atoms with Crippen molar-refractivity contribution in [3.8, 4) is 22.8 Å². The van der Waals surface area contributed by atoms with Crippen LogP contribution in [0.1, 0.15) is 16.3 Å². The monoisotopic (exact) mass is 428 g/mol. The zero-order valence-electron chi connectivity index (χ0n) is 16.5. The molecule has 0 aliphatic rings. The van der Waals surface area contributed by atoms with Crippen LogP contribution < -0.4 is 16.8 Å². The van der Waals surface area contributed by atoms with Crippen LogP contribution in [-0.2, 0) is 6.54 Å². The van der Waals surface area contributed by atoms with Gasteiger partial charge in [0.15, 0.2) is 17.2 Å². The minimum Gasteiger partial charge on any atom is -0.443 e. The van der Waals surface area contributed by atoms with Crippen LogP contribution in [0.25, 0.3) is 28.5 Å². The molecule has 5 N–H and O–H groups in total. The Morgan fingerprint density at radius 1 is 1.00 bits per heavy atom. The van der Waals surface area contributed by atoms with Gasteiger partial charge in [0, 0.05) is 30.4 Å². The summed E-state index contributed by atoms with van der Waals surface area (Å²) in [5.41, 5.74) is 13.8. The second kappa shape index (κ2) is 7.75. The van der Waals surface area contributed by atoms with E-state index in [2.05, 4.69) is 35.2 Å². The summed E-state index contributed by atoms with van der Waals surface area (Å²) in [6, 6.07) is 5.19. The van der Waals surface area contributed by atoms with E-state index in [1.54, 1.807) is 18.5 Å². The van der Waals surface area contributed by atoms with Gasteiger partial charge >= 0.3 is 0 Å². The lowest BCUT2D eigenvalue weighted by Gasteiger charge is -2.11. The first kappa shape index (κ1) is 19.1. The van der Waals surface area contributed by atoms with E-state index < -0.39 is 5.91 Å². The molecule has 0 fully saturated rings. The lowest BCUT2D eigenvalue weighted by molar-refractivity contribution is 0.0945. The van der Waals surface area contributed by atoms with Crippen molar-refractivity contribution in [2.75, 3.05) is 11.5 Å². The zero-order chi connectivity index (χ0) is 22.1. The lowest BCUT2D eigenvalue weighted by Crippen LogP contribution is -2.26. The van der Waals surface area contributed by atoms with Gasteiger partial charge in [-0.25, -0.2) is 29.9 Å². The van der Waals surface area contributed by atoms with Crippen molar-refractivity contribution in [3.05, 3.63) is 67.0 Å². The molecule has 0 aliphatic heterocycles. The molecule has 0 radical (unpaired) electrons. The zero-order valence-corrected chi connectivity index (χ0v) is 16.5. The minimum atomic E-state index is -0.537. The Labute approximate surface area is 180 Å². The third-order valence-electron chi connectivity index (χ3n) is 4.57. The van der Waals surface area contributed by atoms with Crippen molar-refractivity contribution in [1.82, 2.24) is 39.6 Å². The number of amides is 1. The smallest absolute Gasteiger partial charge is 0.274 e. The molecule has 1 amide bonds. The lowest BCUT2D eigenvalue weighted by atomic mass is 10.1. The maximum atomic E-state index is 12.8. The number of carbonyl (C=O) groups excluding carboxylic acids is 1. The molecule has 0 spiro atoms. The number of pyridine rings is 1. The Kier molecular flexibility index (Phi) is 4.63. The average molecular weight is 428 g/mol. The van der Waals surface area contributed by atoms with Crippen LogP contribution in [0.2, 0.25) is 0 Å². The van der Waals surface area contributed by atoms with Crippen LogP contribution >= 0.6 is 0 Å². The Bertz CT molecular complexity index is 1430. The number of anilines is 2. The number of hydrogen-bond acceptors (Lipinski definition) is 10. The van der Waals surface area contributed by atoms with Gasteiger partial charge in [0.05, 0.1) is 12.7 Å². The average Bonchev–Trinajstić information content (AvgIpc) is 3.49. The number of hydrogen-bond donors (Lipinski definition) is 3. The van der Waals surface area contributed by atoms with Crippen LogP contribution in [-0.4, -0.2) is 40.2 Å². The summed E-state index contributed by atoms with van der Waals surface area (Å²) < 4.78 is 7.23. The predicted molar refractivity (Wildman–Crippen MR) is 114 cm³/mol. The number of nitrogens with two attached hydrogens (primary N) is 2. The first-order chi connectivity index (χ1) is 15.6. The molecule has 5 aromatic rings. The quantitative estimate of drug-likeness (QED) is 0.370. The highest BCUT2D eigenvalue weighted by Gasteiger charge is 2.22. The molecule has 0 bridgehead atoms. The molecule has 5 rings (SSSR count). The molecule has 0 saturated carbocycles. The molecule has 0 aromatic carbocycles. The summed E-state index contributed by atoms with van der Waals surface area (Å²) in [7, 11) is 0. The molecule has 12 heteroatoms. The molecule has 158 valence electrons. The third kappa shape index (κ3) is 3.56. The van der Waals surface area contributed by atoms with Gasteiger partial charge in [-0.3, -0.25) is 4.79 Å². The van der Waals surface area contributed by atoms with E-state index in [9.17, 15) is 4.79 Å². The van der Waals surface area contributed by atoms with Crippen LogP contribution in [0.3, 0.4) is 0 Å². The highest BCUT2D eigenvalue weighted by Crippen LogP contribution is 2.30. The van der Waals surface area contributed by atoms with Crippen molar-refractivity contribution in [3.63, 3.8) is 0 Å². The first-order valence-electron chi connectivity index (χ1n) is 9.44. The molecule has 0 atom stereocenters. The van der Waals surface area contributed by atoms with Crippen LogP contribution in [0.4, 0.5) is 11.6 Å². The van der Waals surface area contributed by atoms with Gasteiger partial charge in [-0.15, -0.1) is 0 Å². The minimum absolute atomic E-state index is 0.0445. The Hall–Kier alpha value is -4.87. The number of imidazole rings is 1. The number of oxazole rings is 1. The Morgan fingerprint density at radius 3 is 2.72 bits per heavy atom. The molecule has 0 aliphatic carbocycles. The van der Waals surface area contributed by atoms with E-state index >= 15 is 0 Å². The fourth-order valence-corrected chi connectivity index (χ4v) is 3.11. The molecular weight excluding hydrogens is 412 g/mol. The second-order valence-electron chi connectivity index (χ2n) is 6.68. The number of fused-ring (bicyclic) bond motifs is 1. The van der Waals surface area contributed by atoms with E-state index in [1.165, 1.54) is 18.7 Å². The van der Waals surface area contributed by atoms with Gasteiger partial charge < -0.3 is 25.6 Å². The van der Waals surface area contributed by atoms with Gasteiger partial charge in [-0.05, 0) is 18.2 Å². The van der Waals surface area contributed by atoms with Crippen LogP contribution in [0, 0.1) is 0 Å². The van der Waals surface area contributed by atoms with E-state index in [4.69, 9.17) is 15.9 Å². The summed E-state index contributed by atoms with van der Waals surface area (Å²) in [6.45, 7) is 0.0445. The highest BCUT2D eigenvalue weighted by molar-refractivity contribution is 5.97. The molecule has 5 heterocycles.